The number of hydrogen-bond acceptors (Lipinski definition) is 3. The standard InChI is InChI=1S/C18H19NO3/c1-13-6-8-15(9-7-13)11-18(21)22-12-17(20)19-16-5-3-4-14(2)10-16/h3-10H,11-12H2,1-2H3,(H,19,20). The fourth-order valence-electron chi connectivity index (χ4n) is 1.99. The molecule has 0 saturated carbocycles. The third-order valence-electron chi connectivity index (χ3n) is 3.14. The third-order valence-corrected chi connectivity index (χ3v) is 3.14. The van der Waals surface area contributed by atoms with E-state index in [0.717, 1.165) is 16.7 Å². The molecule has 0 aliphatic carbocycles. The summed E-state index contributed by atoms with van der Waals surface area (Å²) in [6.07, 6.45) is 0.165. The van der Waals surface area contributed by atoms with Crippen molar-refractivity contribution in [2.24, 2.45) is 0 Å². The molecule has 0 atom stereocenters. The molecule has 0 spiro atoms. The summed E-state index contributed by atoms with van der Waals surface area (Å²) in [6, 6.07) is 15.1. The van der Waals surface area contributed by atoms with Crippen molar-refractivity contribution in [3.05, 3.63) is 65.2 Å². The van der Waals surface area contributed by atoms with Gasteiger partial charge in [0.2, 0.25) is 0 Å². The average Bonchev–Trinajstić information content (AvgIpc) is 2.48. The molecule has 0 aliphatic heterocycles. The molecule has 2 aromatic carbocycles. The molecule has 4 heteroatoms. The van der Waals surface area contributed by atoms with Crippen molar-refractivity contribution in [1.82, 2.24) is 0 Å². The largest absolute Gasteiger partial charge is 0.455 e. The highest BCUT2D eigenvalue weighted by atomic mass is 16.5. The number of anilines is 1. The van der Waals surface area contributed by atoms with Crippen LogP contribution in [0.4, 0.5) is 5.69 Å². The average molecular weight is 297 g/mol. The minimum absolute atomic E-state index is 0.165. The molecule has 2 rings (SSSR count). The number of amides is 1. The molecule has 0 unspecified atom stereocenters. The predicted molar refractivity (Wildman–Crippen MR) is 85.7 cm³/mol. The van der Waals surface area contributed by atoms with Gasteiger partial charge in [-0.05, 0) is 37.1 Å². The van der Waals surface area contributed by atoms with Crippen LogP contribution in [-0.2, 0) is 20.7 Å². The second-order valence-electron chi connectivity index (χ2n) is 5.24. The monoisotopic (exact) mass is 297 g/mol. The van der Waals surface area contributed by atoms with Crippen LogP contribution in [0.2, 0.25) is 0 Å². The maximum atomic E-state index is 11.7. The van der Waals surface area contributed by atoms with Crippen LogP contribution in [-0.4, -0.2) is 18.5 Å². The summed E-state index contributed by atoms with van der Waals surface area (Å²) in [5.74, 6) is -0.758. The first-order valence-electron chi connectivity index (χ1n) is 7.10. The van der Waals surface area contributed by atoms with Crippen LogP contribution < -0.4 is 5.32 Å². The number of hydrogen-bond donors (Lipinski definition) is 1. The summed E-state index contributed by atoms with van der Waals surface area (Å²) in [5.41, 5.74) is 3.75. The molecule has 22 heavy (non-hydrogen) atoms. The quantitative estimate of drug-likeness (QED) is 0.863. The van der Waals surface area contributed by atoms with E-state index in [-0.39, 0.29) is 18.9 Å². The first-order chi connectivity index (χ1) is 10.5. The van der Waals surface area contributed by atoms with Gasteiger partial charge in [0, 0.05) is 5.69 Å². The highest BCUT2D eigenvalue weighted by Crippen LogP contribution is 2.09. The van der Waals surface area contributed by atoms with E-state index < -0.39 is 5.97 Å². The SMILES string of the molecule is Cc1ccc(CC(=O)OCC(=O)Nc2cccc(C)c2)cc1. The highest BCUT2D eigenvalue weighted by molar-refractivity contribution is 5.92. The highest BCUT2D eigenvalue weighted by Gasteiger charge is 2.09. The van der Waals surface area contributed by atoms with Gasteiger partial charge in [0.1, 0.15) is 0 Å². The van der Waals surface area contributed by atoms with Crippen molar-refractivity contribution in [1.29, 1.82) is 0 Å². The van der Waals surface area contributed by atoms with Gasteiger partial charge in [0.25, 0.3) is 5.91 Å². The van der Waals surface area contributed by atoms with Crippen molar-refractivity contribution in [3.8, 4) is 0 Å². The summed E-state index contributed by atoms with van der Waals surface area (Å²) >= 11 is 0. The number of rotatable bonds is 5. The van der Waals surface area contributed by atoms with Crippen LogP contribution in [0.1, 0.15) is 16.7 Å². The molecule has 0 heterocycles. The molecule has 0 radical (unpaired) electrons. The number of ether oxygens (including phenoxy) is 1. The summed E-state index contributed by atoms with van der Waals surface area (Å²) in [4.78, 5) is 23.4. The number of aryl methyl sites for hydroxylation is 2. The Bertz CT molecular complexity index is 662. The number of carbonyl (C=O) groups is 2. The lowest BCUT2D eigenvalue weighted by Gasteiger charge is -2.07. The summed E-state index contributed by atoms with van der Waals surface area (Å²) < 4.78 is 4.99. The summed E-state index contributed by atoms with van der Waals surface area (Å²) in [7, 11) is 0. The van der Waals surface area contributed by atoms with Crippen molar-refractivity contribution >= 4 is 17.6 Å². The predicted octanol–water partition coefficient (Wildman–Crippen LogP) is 3.03. The molecule has 4 nitrogen and oxygen atoms in total. The van der Waals surface area contributed by atoms with E-state index in [0.29, 0.717) is 5.69 Å². The second-order valence-corrected chi connectivity index (χ2v) is 5.24. The van der Waals surface area contributed by atoms with Gasteiger partial charge >= 0.3 is 5.97 Å². The van der Waals surface area contributed by atoms with Gasteiger partial charge in [-0.1, -0.05) is 42.0 Å². The zero-order chi connectivity index (χ0) is 15.9. The maximum absolute atomic E-state index is 11.7. The van der Waals surface area contributed by atoms with Gasteiger partial charge < -0.3 is 10.1 Å². The molecule has 0 saturated heterocycles. The fraction of sp³-hybridized carbons (Fsp3) is 0.222. The topological polar surface area (TPSA) is 55.4 Å². The van der Waals surface area contributed by atoms with E-state index in [1.165, 1.54) is 0 Å². The molecule has 2 aromatic rings. The molecule has 1 N–H and O–H groups in total. The van der Waals surface area contributed by atoms with Crippen LogP contribution in [0.3, 0.4) is 0 Å². The smallest absolute Gasteiger partial charge is 0.310 e. The van der Waals surface area contributed by atoms with E-state index in [4.69, 9.17) is 4.74 Å². The number of nitrogens with one attached hydrogen (secondary N) is 1. The lowest BCUT2D eigenvalue weighted by Crippen LogP contribution is -2.21. The Morgan fingerprint density at radius 2 is 1.73 bits per heavy atom. The van der Waals surface area contributed by atoms with Crippen LogP contribution in [0, 0.1) is 13.8 Å². The van der Waals surface area contributed by atoms with Crippen LogP contribution in [0.15, 0.2) is 48.5 Å². The van der Waals surface area contributed by atoms with Gasteiger partial charge in [0.05, 0.1) is 6.42 Å². The molecule has 0 aromatic heterocycles. The van der Waals surface area contributed by atoms with E-state index in [1.807, 2.05) is 56.3 Å². The molecule has 1 amide bonds. The molecular formula is C18H19NO3. The normalized spacial score (nSPS) is 10.1. The molecule has 0 fully saturated rings. The second kappa shape index (κ2) is 7.41. The van der Waals surface area contributed by atoms with Crippen molar-refractivity contribution in [3.63, 3.8) is 0 Å². The Labute approximate surface area is 130 Å². The minimum Gasteiger partial charge on any atom is -0.455 e. The van der Waals surface area contributed by atoms with Crippen molar-refractivity contribution < 1.29 is 14.3 Å². The lowest BCUT2D eigenvalue weighted by molar-refractivity contribution is -0.146. The molecule has 114 valence electrons. The Morgan fingerprint density at radius 1 is 1.00 bits per heavy atom. The number of benzene rings is 2. The third kappa shape index (κ3) is 5.05. The summed E-state index contributed by atoms with van der Waals surface area (Å²) in [5, 5.41) is 2.69. The van der Waals surface area contributed by atoms with Crippen molar-refractivity contribution in [2.75, 3.05) is 11.9 Å². The van der Waals surface area contributed by atoms with Crippen molar-refractivity contribution in [2.45, 2.75) is 20.3 Å². The molecule has 0 aliphatic rings. The van der Waals surface area contributed by atoms with Gasteiger partial charge in [-0.3, -0.25) is 9.59 Å². The maximum Gasteiger partial charge on any atom is 0.310 e. The number of esters is 1. The lowest BCUT2D eigenvalue weighted by atomic mass is 10.1. The first kappa shape index (κ1) is 15.8. The fourth-order valence-corrected chi connectivity index (χ4v) is 1.99. The zero-order valence-corrected chi connectivity index (χ0v) is 12.8. The Hall–Kier alpha value is -2.62. The Morgan fingerprint density at radius 3 is 2.41 bits per heavy atom. The van der Waals surface area contributed by atoms with Gasteiger partial charge in [-0.2, -0.15) is 0 Å². The molecule has 0 bridgehead atoms. The van der Waals surface area contributed by atoms with Gasteiger partial charge in [0.15, 0.2) is 6.61 Å². The number of carbonyl (C=O) groups excluding carboxylic acids is 2. The van der Waals surface area contributed by atoms with Gasteiger partial charge in [-0.15, -0.1) is 0 Å². The van der Waals surface area contributed by atoms with Crippen LogP contribution in [0.25, 0.3) is 0 Å². The summed E-state index contributed by atoms with van der Waals surface area (Å²) in [6.45, 7) is 3.65. The minimum atomic E-state index is -0.414. The van der Waals surface area contributed by atoms with E-state index in [2.05, 4.69) is 5.32 Å². The van der Waals surface area contributed by atoms with E-state index >= 15 is 0 Å². The van der Waals surface area contributed by atoms with Gasteiger partial charge in [-0.25, -0.2) is 0 Å². The molecular weight excluding hydrogens is 278 g/mol. The Balaban J connectivity index is 1.78. The first-order valence-corrected chi connectivity index (χ1v) is 7.10. The zero-order valence-electron chi connectivity index (χ0n) is 12.8. The van der Waals surface area contributed by atoms with E-state index in [9.17, 15) is 9.59 Å². The van der Waals surface area contributed by atoms with Crippen LogP contribution >= 0.6 is 0 Å². The Kier molecular flexibility index (Phi) is 5.31. The van der Waals surface area contributed by atoms with E-state index in [1.54, 1.807) is 6.07 Å². The van der Waals surface area contributed by atoms with Crippen LogP contribution in [0.5, 0.6) is 0 Å².